The summed E-state index contributed by atoms with van der Waals surface area (Å²) in [6.45, 7) is 1.67. The molecule has 0 aliphatic heterocycles. The summed E-state index contributed by atoms with van der Waals surface area (Å²) in [6, 6.07) is 0. The van der Waals surface area contributed by atoms with Crippen molar-refractivity contribution in [1.82, 2.24) is 4.98 Å². The molecule has 0 spiro atoms. The molecule has 0 radical (unpaired) electrons. The van der Waals surface area contributed by atoms with E-state index in [-0.39, 0.29) is 17.5 Å². The number of hydrogen-bond donors (Lipinski definition) is 0. The van der Waals surface area contributed by atoms with Crippen molar-refractivity contribution >= 4 is 21.9 Å². The molecule has 0 N–H and O–H groups in total. The number of aromatic nitrogens is 1. The topological polar surface area (TPSA) is 39.2 Å². The Morgan fingerprint density at radius 1 is 1.62 bits per heavy atom. The Morgan fingerprint density at radius 2 is 2.25 bits per heavy atom. The normalized spacial score (nSPS) is 10.6. The molecular formula is C10H10BrF2NO2. The number of hydrogen-bond acceptors (Lipinski definition) is 3. The molecule has 0 saturated heterocycles. The predicted molar refractivity (Wildman–Crippen MR) is 57.4 cm³/mol. The molecule has 16 heavy (non-hydrogen) atoms. The average molecular weight is 294 g/mol. The van der Waals surface area contributed by atoms with Crippen molar-refractivity contribution in [1.29, 1.82) is 0 Å². The van der Waals surface area contributed by atoms with Crippen LogP contribution >= 0.6 is 15.9 Å². The summed E-state index contributed by atoms with van der Waals surface area (Å²) in [7, 11) is 1.21. The second kappa shape index (κ2) is 5.34. The van der Waals surface area contributed by atoms with Gasteiger partial charge in [0.05, 0.1) is 19.2 Å². The minimum absolute atomic E-state index is 0.194. The second-order valence-electron chi connectivity index (χ2n) is 3.15. The van der Waals surface area contributed by atoms with Gasteiger partial charge in [0.15, 0.2) is 0 Å². The molecule has 1 aromatic rings. The third-order valence-electron chi connectivity index (χ3n) is 2.11. The van der Waals surface area contributed by atoms with Crippen LogP contribution in [0, 0.1) is 6.92 Å². The third kappa shape index (κ3) is 2.75. The minimum atomic E-state index is -2.66. The van der Waals surface area contributed by atoms with Gasteiger partial charge in [-0.25, -0.2) is 8.78 Å². The zero-order valence-corrected chi connectivity index (χ0v) is 10.3. The van der Waals surface area contributed by atoms with Crippen LogP contribution in [0.15, 0.2) is 10.7 Å². The Labute approximate surface area is 99.9 Å². The lowest BCUT2D eigenvalue weighted by Gasteiger charge is -2.11. The van der Waals surface area contributed by atoms with Crippen LogP contribution in [-0.4, -0.2) is 18.1 Å². The highest BCUT2D eigenvalue weighted by Crippen LogP contribution is 2.30. The molecule has 0 bridgehead atoms. The van der Waals surface area contributed by atoms with Crippen molar-refractivity contribution in [3.8, 4) is 0 Å². The van der Waals surface area contributed by atoms with Gasteiger partial charge in [0.1, 0.15) is 0 Å². The fourth-order valence-corrected chi connectivity index (χ4v) is 1.70. The van der Waals surface area contributed by atoms with Crippen LogP contribution in [-0.2, 0) is 16.0 Å². The van der Waals surface area contributed by atoms with E-state index in [1.54, 1.807) is 6.92 Å². The number of alkyl halides is 2. The molecule has 1 rings (SSSR count). The van der Waals surface area contributed by atoms with Gasteiger partial charge < -0.3 is 4.74 Å². The Kier molecular flexibility index (Phi) is 4.35. The van der Waals surface area contributed by atoms with Crippen LogP contribution in [0.3, 0.4) is 0 Å². The minimum Gasteiger partial charge on any atom is -0.469 e. The van der Waals surface area contributed by atoms with E-state index in [0.29, 0.717) is 10.2 Å². The van der Waals surface area contributed by atoms with Crippen molar-refractivity contribution in [3.63, 3.8) is 0 Å². The van der Waals surface area contributed by atoms with Crippen molar-refractivity contribution in [3.05, 3.63) is 27.5 Å². The van der Waals surface area contributed by atoms with Crippen LogP contribution in [0.4, 0.5) is 8.78 Å². The number of ether oxygens (including phenoxy) is 1. The first-order valence-corrected chi connectivity index (χ1v) is 5.25. The Morgan fingerprint density at radius 3 is 2.75 bits per heavy atom. The molecule has 1 aromatic heterocycles. The molecule has 0 fully saturated rings. The van der Waals surface area contributed by atoms with Gasteiger partial charge in [0.2, 0.25) is 0 Å². The van der Waals surface area contributed by atoms with Crippen molar-refractivity contribution < 1.29 is 18.3 Å². The largest absolute Gasteiger partial charge is 0.469 e. The number of esters is 1. The fraction of sp³-hybridized carbons (Fsp3) is 0.400. The highest BCUT2D eigenvalue weighted by molar-refractivity contribution is 9.10. The number of halogens is 3. The Hall–Kier alpha value is -1.04. The van der Waals surface area contributed by atoms with Gasteiger partial charge in [-0.05, 0) is 28.4 Å². The maximum Gasteiger partial charge on any atom is 0.310 e. The van der Waals surface area contributed by atoms with Crippen LogP contribution < -0.4 is 0 Å². The number of rotatable bonds is 3. The molecule has 0 aliphatic rings. The maximum absolute atomic E-state index is 12.7. The summed E-state index contributed by atoms with van der Waals surface area (Å²) in [5.41, 5.74) is 0.542. The van der Waals surface area contributed by atoms with Crippen molar-refractivity contribution in [2.24, 2.45) is 0 Å². The van der Waals surface area contributed by atoms with E-state index in [1.165, 1.54) is 7.11 Å². The first-order chi connectivity index (χ1) is 7.47. The summed E-state index contributed by atoms with van der Waals surface area (Å²) in [5.74, 6) is -0.562. The van der Waals surface area contributed by atoms with Crippen LogP contribution in [0.25, 0.3) is 0 Å². The number of carbonyl (C=O) groups excluding carboxylic acids is 1. The monoisotopic (exact) mass is 293 g/mol. The SMILES string of the molecule is COC(=O)Cc1c(C(F)F)cnc(C)c1Br. The van der Waals surface area contributed by atoms with Gasteiger partial charge in [-0.1, -0.05) is 0 Å². The van der Waals surface area contributed by atoms with Gasteiger partial charge in [0.25, 0.3) is 6.43 Å². The van der Waals surface area contributed by atoms with Gasteiger partial charge in [-0.2, -0.15) is 0 Å². The van der Waals surface area contributed by atoms with E-state index in [9.17, 15) is 13.6 Å². The molecule has 0 unspecified atom stereocenters. The Bertz CT molecular complexity index is 410. The summed E-state index contributed by atoms with van der Waals surface area (Å²) < 4.78 is 30.2. The van der Waals surface area contributed by atoms with Crippen molar-refractivity contribution in [2.75, 3.05) is 7.11 Å². The molecule has 0 atom stereocenters. The predicted octanol–water partition coefficient (Wildman–Crippen LogP) is 2.81. The molecule has 0 saturated carbocycles. The van der Waals surface area contributed by atoms with E-state index < -0.39 is 12.4 Å². The fourth-order valence-electron chi connectivity index (χ4n) is 1.23. The van der Waals surface area contributed by atoms with Gasteiger partial charge in [-0.15, -0.1) is 0 Å². The molecule has 1 heterocycles. The zero-order valence-electron chi connectivity index (χ0n) is 8.76. The van der Waals surface area contributed by atoms with E-state index in [0.717, 1.165) is 6.20 Å². The van der Waals surface area contributed by atoms with Gasteiger partial charge in [-0.3, -0.25) is 9.78 Å². The highest BCUT2D eigenvalue weighted by atomic mass is 79.9. The summed E-state index contributed by atoms with van der Waals surface area (Å²) in [4.78, 5) is 14.9. The van der Waals surface area contributed by atoms with E-state index >= 15 is 0 Å². The first-order valence-electron chi connectivity index (χ1n) is 4.46. The van der Waals surface area contributed by atoms with Gasteiger partial charge in [0, 0.05) is 16.2 Å². The highest BCUT2D eigenvalue weighted by Gasteiger charge is 2.20. The maximum atomic E-state index is 12.7. The average Bonchev–Trinajstić information content (AvgIpc) is 2.24. The molecule has 0 amide bonds. The Balaban J connectivity index is 3.20. The molecular weight excluding hydrogens is 284 g/mol. The van der Waals surface area contributed by atoms with E-state index in [4.69, 9.17) is 0 Å². The lowest BCUT2D eigenvalue weighted by atomic mass is 10.1. The van der Waals surface area contributed by atoms with E-state index in [2.05, 4.69) is 25.7 Å². The molecule has 88 valence electrons. The molecule has 0 aromatic carbocycles. The molecule has 6 heteroatoms. The first kappa shape index (κ1) is 13.0. The lowest BCUT2D eigenvalue weighted by Crippen LogP contribution is -2.09. The van der Waals surface area contributed by atoms with Crippen LogP contribution in [0.5, 0.6) is 0 Å². The summed E-state index contributed by atoms with van der Waals surface area (Å²) in [5, 5.41) is 0. The van der Waals surface area contributed by atoms with Gasteiger partial charge >= 0.3 is 5.97 Å². The number of nitrogens with zero attached hydrogens (tertiary/aromatic N) is 1. The number of methoxy groups -OCH3 is 1. The smallest absolute Gasteiger partial charge is 0.310 e. The number of pyridine rings is 1. The standard InChI is InChI=1S/C10H10BrF2NO2/c1-5-9(11)6(3-8(15)16-2)7(4-14-5)10(12)13/h4,10H,3H2,1-2H3. The van der Waals surface area contributed by atoms with Crippen LogP contribution in [0.1, 0.15) is 23.2 Å². The molecule has 0 aliphatic carbocycles. The third-order valence-corrected chi connectivity index (χ3v) is 3.16. The zero-order chi connectivity index (χ0) is 12.3. The summed E-state index contributed by atoms with van der Waals surface area (Å²) >= 11 is 3.15. The molecule has 3 nitrogen and oxygen atoms in total. The second-order valence-corrected chi connectivity index (χ2v) is 3.94. The van der Waals surface area contributed by atoms with Crippen molar-refractivity contribution in [2.45, 2.75) is 19.8 Å². The number of carbonyl (C=O) groups is 1. The summed E-state index contributed by atoms with van der Waals surface area (Å²) in [6.07, 6.45) is -1.77. The van der Waals surface area contributed by atoms with Crippen LogP contribution in [0.2, 0.25) is 0 Å². The quantitative estimate of drug-likeness (QED) is 0.805. The number of aryl methyl sites for hydroxylation is 1. The lowest BCUT2D eigenvalue weighted by molar-refractivity contribution is -0.139. The van der Waals surface area contributed by atoms with E-state index in [1.807, 2.05) is 0 Å².